The molecule has 5 heteroatoms. The van der Waals surface area contributed by atoms with Crippen LogP contribution in [0, 0.1) is 0 Å². The number of rotatable bonds is 6. The highest BCUT2D eigenvalue weighted by atomic mass is 35.5. The molecule has 0 radical (unpaired) electrons. The smallest absolute Gasteiger partial charge is 0.303 e. The van der Waals surface area contributed by atoms with Gasteiger partial charge in [0.25, 0.3) is 0 Å². The second kappa shape index (κ2) is 6.84. The zero-order chi connectivity index (χ0) is 12.8. The summed E-state index contributed by atoms with van der Waals surface area (Å²) in [4.78, 5) is 10.3. The van der Waals surface area contributed by atoms with E-state index in [0.29, 0.717) is 34.9 Å². The number of aliphatic hydroxyl groups excluding tert-OH is 1. The lowest BCUT2D eigenvalue weighted by atomic mass is 10.0. The maximum absolute atomic E-state index is 10.3. The van der Waals surface area contributed by atoms with Crippen molar-refractivity contribution in [3.8, 4) is 0 Å². The average Bonchev–Trinajstić information content (AvgIpc) is 2.23. The fraction of sp³-hybridized carbons (Fsp3) is 0.417. The van der Waals surface area contributed by atoms with E-state index in [0.717, 1.165) is 0 Å². The van der Waals surface area contributed by atoms with Gasteiger partial charge in [0, 0.05) is 16.5 Å². The van der Waals surface area contributed by atoms with Crippen LogP contribution in [0.3, 0.4) is 0 Å². The molecule has 0 saturated carbocycles. The van der Waals surface area contributed by atoms with E-state index < -0.39 is 12.1 Å². The highest BCUT2D eigenvalue weighted by molar-refractivity contribution is 6.35. The summed E-state index contributed by atoms with van der Waals surface area (Å²) in [5, 5.41) is 19.3. The summed E-state index contributed by atoms with van der Waals surface area (Å²) in [5.41, 5.74) is 0.631. The molecule has 0 aliphatic rings. The summed E-state index contributed by atoms with van der Waals surface area (Å²) in [5.74, 6) is -0.816. The van der Waals surface area contributed by atoms with Crippen molar-refractivity contribution in [2.45, 2.75) is 31.8 Å². The van der Waals surface area contributed by atoms with Crippen LogP contribution in [0.4, 0.5) is 0 Å². The first-order valence-corrected chi connectivity index (χ1v) is 6.11. The maximum Gasteiger partial charge on any atom is 0.303 e. The van der Waals surface area contributed by atoms with Crippen LogP contribution in [0.15, 0.2) is 18.2 Å². The first-order valence-electron chi connectivity index (χ1n) is 5.35. The molecule has 0 aliphatic heterocycles. The molecule has 2 N–H and O–H groups in total. The fourth-order valence-corrected chi connectivity index (χ4v) is 2.08. The van der Waals surface area contributed by atoms with Gasteiger partial charge in [-0.05, 0) is 37.0 Å². The molecule has 0 spiro atoms. The predicted octanol–water partition coefficient (Wildman–Crippen LogP) is 3.67. The second-order valence-electron chi connectivity index (χ2n) is 3.82. The Hall–Kier alpha value is -0.770. The van der Waals surface area contributed by atoms with Crippen molar-refractivity contribution in [1.29, 1.82) is 0 Å². The fourth-order valence-electron chi connectivity index (χ4n) is 1.54. The van der Waals surface area contributed by atoms with Crippen molar-refractivity contribution in [2.75, 3.05) is 0 Å². The van der Waals surface area contributed by atoms with Gasteiger partial charge in [-0.25, -0.2) is 0 Å². The molecular weight excluding hydrogens is 263 g/mol. The number of halogens is 2. The first-order chi connectivity index (χ1) is 8.00. The molecule has 1 aromatic carbocycles. The summed E-state index contributed by atoms with van der Waals surface area (Å²) in [6.07, 6.45) is 1.15. The van der Waals surface area contributed by atoms with Gasteiger partial charge < -0.3 is 10.2 Å². The summed E-state index contributed by atoms with van der Waals surface area (Å²) < 4.78 is 0. The molecule has 0 aromatic heterocycles. The van der Waals surface area contributed by atoms with Crippen molar-refractivity contribution in [3.63, 3.8) is 0 Å². The SMILES string of the molecule is O=C(O)CCCCC(O)c1ccc(Cl)cc1Cl. The second-order valence-corrected chi connectivity index (χ2v) is 4.66. The number of aliphatic hydroxyl groups is 1. The molecule has 3 nitrogen and oxygen atoms in total. The van der Waals surface area contributed by atoms with Crippen molar-refractivity contribution >= 4 is 29.2 Å². The summed E-state index contributed by atoms with van der Waals surface area (Å²) in [6, 6.07) is 4.94. The lowest BCUT2D eigenvalue weighted by Crippen LogP contribution is -2.00. The molecular formula is C12H14Cl2O3. The minimum atomic E-state index is -0.816. The number of aliphatic carboxylic acids is 1. The van der Waals surface area contributed by atoms with Gasteiger partial charge in [-0.15, -0.1) is 0 Å². The quantitative estimate of drug-likeness (QED) is 0.780. The Balaban J connectivity index is 2.46. The maximum atomic E-state index is 10.3. The molecule has 17 heavy (non-hydrogen) atoms. The van der Waals surface area contributed by atoms with Gasteiger partial charge in [0.05, 0.1) is 6.10 Å². The molecule has 0 heterocycles. The topological polar surface area (TPSA) is 57.5 Å². The van der Waals surface area contributed by atoms with Gasteiger partial charge in [0.2, 0.25) is 0 Å². The minimum Gasteiger partial charge on any atom is -0.481 e. The van der Waals surface area contributed by atoms with Crippen LogP contribution in [-0.4, -0.2) is 16.2 Å². The van der Waals surface area contributed by atoms with Crippen molar-refractivity contribution in [2.24, 2.45) is 0 Å². The summed E-state index contributed by atoms with van der Waals surface area (Å²) in [7, 11) is 0. The van der Waals surface area contributed by atoms with E-state index in [9.17, 15) is 9.90 Å². The number of carbonyl (C=O) groups is 1. The van der Waals surface area contributed by atoms with Gasteiger partial charge in [0.1, 0.15) is 0 Å². The van der Waals surface area contributed by atoms with Crippen molar-refractivity contribution in [3.05, 3.63) is 33.8 Å². The molecule has 0 aliphatic carbocycles. The Bertz CT molecular complexity index is 393. The van der Waals surface area contributed by atoms with Gasteiger partial charge in [-0.3, -0.25) is 4.79 Å². The zero-order valence-electron chi connectivity index (χ0n) is 9.20. The molecule has 0 bridgehead atoms. The van der Waals surface area contributed by atoms with Crippen LogP contribution in [0.25, 0.3) is 0 Å². The van der Waals surface area contributed by atoms with Crippen LogP contribution in [0.1, 0.15) is 37.4 Å². The van der Waals surface area contributed by atoms with E-state index in [1.165, 1.54) is 0 Å². The number of unbranched alkanes of at least 4 members (excludes halogenated alkanes) is 1. The number of hydrogen-bond acceptors (Lipinski definition) is 2. The monoisotopic (exact) mass is 276 g/mol. The van der Waals surface area contributed by atoms with Crippen molar-refractivity contribution < 1.29 is 15.0 Å². The van der Waals surface area contributed by atoms with E-state index in [2.05, 4.69) is 0 Å². The first kappa shape index (κ1) is 14.3. The number of carboxylic acids is 1. The highest BCUT2D eigenvalue weighted by Crippen LogP contribution is 2.29. The van der Waals surface area contributed by atoms with Crippen molar-refractivity contribution in [1.82, 2.24) is 0 Å². The van der Waals surface area contributed by atoms with E-state index in [4.69, 9.17) is 28.3 Å². The Morgan fingerprint density at radius 3 is 2.59 bits per heavy atom. The average molecular weight is 277 g/mol. The van der Waals surface area contributed by atoms with E-state index in [1.54, 1.807) is 18.2 Å². The predicted molar refractivity (Wildman–Crippen MR) is 67.5 cm³/mol. The third kappa shape index (κ3) is 4.94. The number of benzene rings is 1. The lowest BCUT2D eigenvalue weighted by Gasteiger charge is -2.12. The molecule has 1 aromatic rings. The minimum absolute atomic E-state index is 0.126. The summed E-state index contributed by atoms with van der Waals surface area (Å²) >= 11 is 11.7. The van der Waals surface area contributed by atoms with Gasteiger partial charge in [-0.2, -0.15) is 0 Å². The molecule has 0 saturated heterocycles. The Labute approximate surface area is 110 Å². The van der Waals surface area contributed by atoms with E-state index >= 15 is 0 Å². The largest absolute Gasteiger partial charge is 0.481 e. The van der Waals surface area contributed by atoms with Crippen LogP contribution in [0.5, 0.6) is 0 Å². The Morgan fingerprint density at radius 2 is 2.00 bits per heavy atom. The Kier molecular flexibility index (Phi) is 5.75. The third-order valence-electron chi connectivity index (χ3n) is 2.44. The Morgan fingerprint density at radius 1 is 1.29 bits per heavy atom. The van der Waals surface area contributed by atoms with Crippen LogP contribution in [-0.2, 0) is 4.79 Å². The van der Waals surface area contributed by atoms with Gasteiger partial charge in [-0.1, -0.05) is 29.3 Å². The number of carboxylic acid groups (broad SMARTS) is 1. The molecule has 1 atom stereocenters. The molecule has 0 fully saturated rings. The highest BCUT2D eigenvalue weighted by Gasteiger charge is 2.11. The van der Waals surface area contributed by atoms with Crippen LogP contribution >= 0.6 is 23.2 Å². The van der Waals surface area contributed by atoms with Crippen LogP contribution in [0.2, 0.25) is 10.0 Å². The van der Waals surface area contributed by atoms with E-state index in [-0.39, 0.29) is 6.42 Å². The van der Waals surface area contributed by atoms with Gasteiger partial charge >= 0.3 is 5.97 Å². The molecule has 0 amide bonds. The van der Waals surface area contributed by atoms with Crippen LogP contribution < -0.4 is 0 Å². The standard InChI is InChI=1S/C12H14Cl2O3/c13-8-5-6-9(10(14)7-8)11(15)3-1-2-4-12(16)17/h5-7,11,15H,1-4H2,(H,16,17). The summed E-state index contributed by atoms with van der Waals surface area (Å²) in [6.45, 7) is 0. The lowest BCUT2D eigenvalue weighted by molar-refractivity contribution is -0.137. The third-order valence-corrected chi connectivity index (χ3v) is 3.00. The molecule has 94 valence electrons. The molecule has 1 unspecified atom stereocenters. The molecule has 1 rings (SSSR count). The normalized spacial score (nSPS) is 12.4. The van der Waals surface area contributed by atoms with E-state index in [1.807, 2.05) is 0 Å². The van der Waals surface area contributed by atoms with Gasteiger partial charge in [0.15, 0.2) is 0 Å². The number of hydrogen-bond donors (Lipinski definition) is 2. The zero-order valence-corrected chi connectivity index (χ0v) is 10.7.